The molecular formula is C33H41ClFN5O3. The summed E-state index contributed by atoms with van der Waals surface area (Å²) in [6.45, 7) is 7.88. The Morgan fingerprint density at radius 3 is 2.56 bits per heavy atom. The maximum absolute atomic E-state index is 14.5. The van der Waals surface area contributed by atoms with Crippen molar-refractivity contribution in [3.05, 3.63) is 87.0 Å². The van der Waals surface area contributed by atoms with Crippen molar-refractivity contribution in [1.82, 2.24) is 19.7 Å². The number of aromatic nitrogens is 1. The number of aromatic amines is 1. The van der Waals surface area contributed by atoms with Crippen molar-refractivity contribution < 1.29 is 13.9 Å². The average Bonchev–Trinajstić information content (AvgIpc) is 3.02. The molecule has 1 amide bonds. The number of piperazine rings is 1. The van der Waals surface area contributed by atoms with Gasteiger partial charge in [0, 0.05) is 73.9 Å². The number of likely N-dealkylation sites (tertiary alicyclic amines) is 1. The van der Waals surface area contributed by atoms with Gasteiger partial charge in [-0.25, -0.2) is 4.39 Å². The number of pyridine rings is 1. The number of ether oxygens (including phenoxy) is 1. The number of carbonyl (C=O) groups excluding carboxylic acids is 1. The SMILES string of the molecule is CCOc1cccc(F)c1CN1CCN(C(=O)[C@H](N)C2CCN(CCc3cc(Cl)ccc3-c3c[nH]ccc3=O)CC2)CC1. The van der Waals surface area contributed by atoms with E-state index in [-0.39, 0.29) is 23.1 Å². The number of nitrogens with two attached hydrogens (primary N) is 1. The lowest BCUT2D eigenvalue weighted by Gasteiger charge is -2.39. The Balaban J connectivity index is 1.09. The van der Waals surface area contributed by atoms with Crippen LogP contribution in [0.2, 0.25) is 5.02 Å². The largest absolute Gasteiger partial charge is 0.493 e. The van der Waals surface area contributed by atoms with Crippen molar-refractivity contribution in [3.63, 3.8) is 0 Å². The van der Waals surface area contributed by atoms with E-state index in [1.54, 1.807) is 24.5 Å². The first kappa shape index (κ1) is 31.2. The molecule has 8 nitrogen and oxygen atoms in total. The summed E-state index contributed by atoms with van der Waals surface area (Å²) >= 11 is 6.31. The third-order valence-electron chi connectivity index (χ3n) is 8.75. The van der Waals surface area contributed by atoms with Crippen molar-refractivity contribution in [1.29, 1.82) is 0 Å². The zero-order valence-corrected chi connectivity index (χ0v) is 25.5. The zero-order valence-electron chi connectivity index (χ0n) is 24.7. The minimum Gasteiger partial charge on any atom is -0.493 e. The number of nitrogens with one attached hydrogen (secondary N) is 1. The highest BCUT2D eigenvalue weighted by atomic mass is 35.5. The molecule has 0 unspecified atom stereocenters. The lowest BCUT2D eigenvalue weighted by atomic mass is 9.88. The molecule has 0 aliphatic carbocycles. The highest BCUT2D eigenvalue weighted by molar-refractivity contribution is 6.30. The van der Waals surface area contributed by atoms with E-state index >= 15 is 0 Å². The number of amides is 1. The molecule has 43 heavy (non-hydrogen) atoms. The summed E-state index contributed by atoms with van der Waals surface area (Å²) < 4.78 is 20.1. The highest BCUT2D eigenvalue weighted by Crippen LogP contribution is 2.27. The molecule has 3 N–H and O–H groups in total. The molecule has 5 rings (SSSR count). The minimum absolute atomic E-state index is 0.00986. The fraction of sp³-hybridized carbons (Fsp3) is 0.455. The van der Waals surface area contributed by atoms with E-state index in [4.69, 9.17) is 22.1 Å². The molecule has 1 atom stereocenters. The molecule has 3 heterocycles. The number of carbonyl (C=O) groups is 1. The average molecular weight is 610 g/mol. The van der Waals surface area contributed by atoms with Crippen molar-refractivity contribution in [2.24, 2.45) is 11.7 Å². The molecule has 0 saturated carbocycles. The van der Waals surface area contributed by atoms with Gasteiger partial charge in [-0.1, -0.05) is 23.7 Å². The topological polar surface area (TPSA) is 94.9 Å². The van der Waals surface area contributed by atoms with Crippen LogP contribution in [0, 0.1) is 11.7 Å². The van der Waals surface area contributed by atoms with Crippen LogP contribution in [-0.4, -0.2) is 84.1 Å². The molecule has 10 heteroatoms. The van der Waals surface area contributed by atoms with Crippen LogP contribution in [0.3, 0.4) is 0 Å². The third kappa shape index (κ3) is 7.65. The van der Waals surface area contributed by atoms with E-state index in [1.165, 1.54) is 12.1 Å². The fourth-order valence-corrected chi connectivity index (χ4v) is 6.41. The van der Waals surface area contributed by atoms with Crippen molar-refractivity contribution >= 4 is 17.5 Å². The predicted molar refractivity (Wildman–Crippen MR) is 168 cm³/mol. The summed E-state index contributed by atoms with van der Waals surface area (Å²) in [5, 5.41) is 0.651. The van der Waals surface area contributed by atoms with Gasteiger partial charge in [-0.3, -0.25) is 14.5 Å². The Bertz CT molecular complexity index is 1450. The number of halogens is 2. The van der Waals surface area contributed by atoms with Gasteiger partial charge in [0.05, 0.1) is 12.6 Å². The number of hydrogen-bond acceptors (Lipinski definition) is 6. The molecule has 2 fully saturated rings. The number of nitrogens with zero attached hydrogens (tertiary/aromatic N) is 3. The zero-order chi connectivity index (χ0) is 30.3. The van der Waals surface area contributed by atoms with Crippen LogP contribution in [0.15, 0.2) is 59.7 Å². The Morgan fingerprint density at radius 2 is 1.84 bits per heavy atom. The van der Waals surface area contributed by atoms with Gasteiger partial charge in [-0.2, -0.15) is 0 Å². The number of piperidine rings is 1. The number of hydrogen-bond donors (Lipinski definition) is 2. The molecule has 0 spiro atoms. The van der Waals surface area contributed by atoms with Crippen LogP contribution in [-0.2, 0) is 17.8 Å². The lowest BCUT2D eigenvalue weighted by molar-refractivity contribution is -0.136. The summed E-state index contributed by atoms with van der Waals surface area (Å²) in [4.78, 5) is 35.2. The Morgan fingerprint density at radius 1 is 1.07 bits per heavy atom. The summed E-state index contributed by atoms with van der Waals surface area (Å²) in [7, 11) is 0. The van der Waals surface area contributed by atoms with Gasteiger partial charge in [0.1, 0.15) is 11.6 Å². The second kappa shape index (κ2) is 14.5. The standard InChI is InChI=1S/C33H41ClFN5O3/c1-2-43-31-5-3-4-29(35)28(31)22-39-16-18-40(19-17-39)33(42)32(36)23-9-13-38(14-10-23)15-11-24-20-25(34)6-7-26(24)27-21-37-12-8-30(27)41/h3-8,12,20-21,23,32H,2,9-11,13-19,22,36H2,1H3,(H,37,41)/t32-/m1/s1. The molecule has 0 bridgehead atoms. The summed E-state index contributed by atoms with van der Waals surface area (Å²) in [6.07, 6.45) is 5.86. The van der Waals surface area contributed by atoms with E-state index in [9.17, 15) is 14.0 Å². The summed E-state index contributed by atoms with van der Waals surface area (Å²) in [5.41, 5.74) is 9.66. The number of rotatable bonds is 10. The molecule has 2 aromatic carbocycles. The van der Waals surface area contributed by atoms with Crippen LogP contribution >= 0.6 is 11.6 Å². The van der Waals surface area contributed by atoms with Gasteiger partial charge in [-0.05, 0) is 80.6 Å². The van der Waals surface area contributed by atoms with Crippen molar-refractivity contribution in [2.75, 3.05) is 52.4 Å². The van der Waals surface area contributed by atoms with Crippen LogP contribution < -0.4 is 15.9 Å². The maximum Gasteiger partial charge on any atom is 0.239 e. The monoisotopic (exact) mass is 609 g/mol. The Hall–Kier alpha value is -3.24. The first-order valence-corrected chi connectivity index (χ1v) is 15.6. The molecule has 2 saturated heterocycles. The smallest absolute Gasteiger partial charge is 0.239 e. The summed E-state index contributed by atoms with van der Waals surface area (Å²) in [6, 6.07) is 11.6. The van der Waals surface area contributed by atoms with E-state index in [2.05, 4.69) is 14.8 Å². The molecule has 1 aromatic heterocycles. The lowest BCUT2D eigenvalue weighted by Crippen LogP contribution is -2.55. The molecule has 0 radical (unpaired) electrons. The number of benzene rings is 2. The third-order valence-corrected chi connectivity index (χ3v) is 8.98. The molecule has 2 aliphatic rings. The Labute approximate surface area is 257 Å². The normalized spacial score (nSPS) is 17.6. The van der Waals surface area contributed by atoms with Gasteiger partial charge in [0.2, 0.25) is 5.91 Å². The fourth-order valence-electron chi connectivity index (χ4n) is 6.22. The van der Waals surface area contributed by atoms with E-state index < -0.39 is 6.04 Å². The van der Waals surface area contributed by atoms with Gasteiger partial charge in [0.15, 0.2) is 5.43 Å². The van der Waals surface area contributed by atoms with Crippen molar-refractivity contribution in [2.45, 2.75) is 38.8 Å². The highest BCUT2D eigenvalue weighted by Gasteiger charge is 2.33. The molecular weight excluding hydrogens is 569 g/mol. The second-order valence-corrected chi connectivity index (χ2v) is 11.9. The van der Waals surface area contributed by atoms with Crippen LogP contribution in [0.4, 0.5) is 4.39 Å². The Kier molecular flexibility index (Phi) is 10.5. The minimum atomic E-state index is -0.519. The first-order chi connectivity index (χ1) is 20.8. The van der Waals surface area contributed by atoms with Gasteiger partial charge < -0.3 is 25.3 Å². The van der Waals surface area contributed by atoms with Crippen LogP contribution in [0.5, 0.6) is 5.75 Å². The van der Waals surface area contributed by atoms with E-state index in [1.807, 2.05) is 30.0 Å². The first-order valence-electron chi connectivity index (χ1n) is 15.2. The van der Waals surface area contributed by atoms with E-state index in [0.29, 0.717) is 61.2 Å². The maximum atomic E-state index is 14.5. The van der Waals surface area contributed by atoms with Gasteiger partial charge >= 0.3 is 0 Å². The van der Waals surface area contributed by atoms with E-state index in [0.717, 1.165) is 50.0 Å². The quantitative estimate of drug-likeness (QED) is 0.359. The predicted octanol–water partition coefficient (Wildman–Crippen LogP) is 4.16. The summed E-state index contributed by atoms with van der Waals surface area (Å²) in [5.74, 6) is 0.459. The van der Waals surface area contributed by atoms with Crippen molar-refractivity contribution in [3.8, 4) is 16.9 Å². The van der Waals surface area contributed by atoms with Crippen LogP contribution in [0.1, 0.15) is 30.9 Å². The molecule has 230 valence electrons. The van der Waals surface area contributed by atoms with Crippen LogP contribution in [0.25, 0.3) is 11.1 Å². The number of H-pyrrole nitrogens is 1. The molecule has 3 aromatic rings. The van der Waals surface area contributed by atoms with Gasteiger partial charge in [0.25, 0.3) is 0 Å². The second-order valence-electron chi connectivity index (χ2n) is 11.4. The van der Waals surface area contributed by atoms with Gasteiger partial charge in [-0.15, -0.1) is 0 Å². The molecule has 2 aliphatic heterocycles.